The van der Waals surface area contributed by atoms with Crippen molar-refractivity contribution in [1.29, 1.82) is 0 Å². The van der Waals surface area contributed by atoms with Crippen LogP contribution in [0.3, 0.4) is 0 Å². The van der Waals surface area contributed by atoms with Crippen molar-refractivity contribution in [2.75, 3.05) is 11.5 Å². The quantitative estimate of drug-likeness (QED) is 0.796. The molecule has 3 rings (SSSR count). The molecule has 1 saturated heterocycles. The topological polar surface area (TPSA) is 34.4 Å². The highest BCUT2D eigenvalue weighted by atomic mass is 32.2. The van der Waals surface area contributed by atoms with Crippen LogP contribution in [0.4, 0.5) is 0 Å². The minimum Gasteiger partial charge on any atom is -0.306 e. The lowest BCUT2D eigenvalue weighted by Gasteiger charge is -2.19. The normalized spacial score (nSPS) is 17.1. The fourth-order valence-corrected chi connectivity index (χ4v) is 3.68. The second-order valence-electron chi connectivity index (χ2n) is 4.84. The first-order valence-electron chi connectivity index (χ1n) is 6.36. The van der Waals surface area contributed by atoms with Crippen LogP contribution < -0.4 is 0 Å². The van der Waals surface area contributed by atoms with E-state index in [9.17, 15) is 4.79 Å². The predicted octanol–water partition coefficient (Wildman–Crippen LogP) is 2.83. The van der Waals surface area contributed by atoms with Gasteiger partial charge in [-0.1, -0.05) is 0 Å². The molecule has 0 N–H and O–H groups in total. The lowest BCUT2D eigenvalue weighted by atomic mass is 9.97. The molecule has 2 aromatic rings. The van der Waals surface area contributed by atoms with E-state index < -0.39 is 0 Å². The van der Waals surface area contributed by atoms with E-state index in [1.165, 1.54) is 24.3 Å². The van der Waals surface area contributed by atoms with E-state index in [1.807, 2.05) is 22.7 Å². The van der Waals surface area contributed by atoms with Gasteiger partial charge in [0.25, 0.3) is 0 Å². The summed E-state index contributed by atoms with van der Waals surface area (Å²) in [5.41, 5.74) is 2.77. The summed E-state index contributed by atoms with van der Waals surface area (Å²) >= 11 is 2.05. The Balaban J connectivity index is 1.81. The van der Waals surface area contributed by atoms with Crippen LogP contribution in [0.5, 0.6) is 0 Å². The molecule has 3 heterocycles. The van der Waals surface area contributed by atoms with Crippen LogP contribution in [0.25, 0.3) is 5.65 Å². The van der Waals surface area contributed by atoms with E-state index in [2.05, 4.69) is 22.9 Å². The molecule has 1 aliphatic rings. The van der Waals surface area contributed by atoms with Gasteiger partial charge in [-0.25, -0.2) is 4.98 Å². The van der Waals surface area contributed by atoms with Gasteiger partial charge in [-0.05, 0) is 48.8 Å². The van der Waals surface area contributed by atoms with Crippen molar-refractivity contribution >= 4 is 23.7 Å². The zero-order valence-electron chi connectivity index (χ0n) is 10.2. The van der Waals surface area contributed by atoms with Gasteiger partial charge in [-0.3, -0.25) is 4.79 Å². The Morgan fingerprint density at radius 2 is 2.17 bits per heavy atom. The first kappa shape index (κ1) is 11.8. The Labute approximate surface area is 111 Å². The SMILES string of the molecule is O=Cc1ccc2nc(CC3CCSCC3)cn2c1. The summed E-state index contributed by atoms with van der Waals surface area (Å²) in [5.74, 6) is 3.35. The Morgan fingerprint density at radius 3 is 2.94 bits per heavy atom. The number of pyridine rings is 1. The number of carbonyl (C=O) groups excluding carboxylic acids is 1. The van der Waals surface area contributed by atoms with Gasteiger partial charge in [0.15, 0.2) is 6.29 Å². The summed E-state index contributed by atoms with van der Waals surface area (Å²) in [4.78, 5) is 15.4. The maximum atomic E-state index is 10.7. The number of rotatable bonds is 3. The molecule has 3 nitrogen and oxygen atoms in total. The van der Waals surface area contributed by atoms with E-state index in [0.29, 0.717) is 5.56 Å². The van der Waals surface area contributed by atoms with Crippen LogP contribution in [0.1, 0.15) is 28.9 Å². The van der Waals surface area contributed by atoms with Crippen LogP contribution in [-0.2, 0) is 6.42 Å². The molecule has 4 heteroatoms. The minimum absolute atomic E-state index is 0.695. The van der Waals surface area contributed by atoms with Gasteiger partial charge in [-0.2, -0.15) is 11.8 Å². The average Bonchev–Trinajstić information content (AvgIpc) is 2.80. The second kappa shape index (κ2) is 5.14. The van der Waals surface area contributed by atoms with E-state index >= 15 is 0 Å². The molecule has 1 fully saturated rings. The first-order chi connectivity index (χ1) is 8.85. The third-order valence-electron chi connectivity index (χ3n) is 3.50. The highest BCUT2D eigenvalue weighted by Gasteiger charge is 2.15. The summed E-state index contributed by atoms with van der Waals surface area (Å²) in [5, 5.41) is 0. The third-order valence-corrected chi connectivity index (χ3v) is 4.55. The molecule has 0 unspecified atom stereocenters. The molecule has 18 heavy (non-hydrogen) atoms. The fourth-order valence-electron chi connectivity index (χ4n) is 2.48. The van der Waals surface area contributed by atoms with Crippen LogP contribution in [-0.4, -0.2) is 27.2 Å². The first-order valence-corrected chi connectivity index (χ1v) is 7.51. The van der Waals surface area contributed by atoms with Crippen molar-refractivity contribution < 1.29 is 4.79 Å². The standard InChI is InChI=1S/C14H16N2OS/c17-10-12-1-2-14-15-13(9-16(14)8-12)7-11-3-5-18-6-4-11/h1-2,8-11H,3-7H2. The Bertz CT molecular complexity index is 558. The molecule has 0 aromatic carbocycles. The van der Waals surface area contributed by atoms with Crippen LogP contribution in [0.2, 0.25) is 0 Å². The van der Waals surface area contributed by atoms with Crippen LogP contribution in [0, 0.1) is 5.92 Å². The number of nitrogens with zero attached hydrogens (tertiary/aromatic N) is 2. The summed E-state index contributed by atoms with van der Waals surface area (Å²) < 4.78 is 1.96. The van der Waals surface area contributed by atoms with Crippen molar-refractivity contribution in [2.24, 2.45) is 5.92 Å². The maximum absolute atomic E-state index is 10.7. The van der Waals surface area contributed by atoms with Crippen molar-refractivity contribution in [3.63, 3.8) is 0 Å². The molecule has 0 saturated carbocycles. The van der Waals surface area contributed by atoms with Gasteiger partial charge in [0.2, 0.25) is 0 Å². The molecule has 0 radical (unpaired) electrons. The fraction of sp³-hybridized carbons (Fsp3) is 0.429. The molecule has 0 atom stereocenters. The minimum atomic E-state index is 0.695. The molecular formula is C14H16N2OS. The van der Waals surface area contributed by atoms with Crippen molar-refractivity contribution in [2.45, 2.75) is 19.3 Å². The van der Waals surface area contributed by atoms with Crippen molar-refractivity contribution in [1.82, 2.24) is 9.38 Å². The summed E-state index contributed by atoms with van der Waals surface area (Å²) in [7, 11) is 0. The van der Waals surface area contributed by atoms with Gasteiger partial charge in [0.1, 0.15) is 5.65 Å². The Morgan fingerprint density at radius 1 is 1.33 bits per heavy atom. The molecular weight excluding hydrogens is 244 g/mol. The number of carbonyl (C=O) groups is 1. The average molecular weight is 260 g/mol. The summed E-state index contributed by atoms with van der Waals surface area (Å²) in [6.07, 6.45) is 8.45. The zero-order valence-corrected chi connectivity index (χ0v) is 11.0. The number of fused-ring (bicyclic) bond motifs is 1. The highest BCUT2D eigenvalue weighted by Crippen LogP contribution is 2.25. The number of hydrogen-bond acceptors (Lipinski definition) is 3. The van der Waals surface area contributed by atoms with Crippen LogP contribution in [0.15, 0.2) is 24.5 Å². The predicted molar refractivity (Wildman–Crippen MR) is 74.3 cm³/mol. The van der Waals surface area contributed by atoms with E-state index in [1.54, 1.807) is 0 Å². The molecule has 0 aliphatic carbocycles. The van der Waals surface area contributed by atoms with Gasteiger partial charge < -0.3 is 4.40 Å². The third kappa shape index (κ3) is 2.43. The zero-order chi connectivity index (χ0) is 12.4. The van der Waals surface area contributed by atoms with Gasteiger partial charge in [0, 0.05) is 18.0 Å². The molecule has 0 amide bonds. The lowest BCUT2D eigenvalue weighted by Crippen LogP contribution is -2.12. The Kier molecular flexibility index (Phi) is 3.37. The highest BCUT2D eigenvalue weighted by molar-refractivity contribution is 7.99. The molecule has 0 bridgehead atoms. The largest absolute Gasteiger partial charge is 0.306 e. The second-order valence-corrected chi connectivity index (χ2v) is 6.06. The lowest BCUT2D eigenvalue weighted by molar-refractivity contribution is 0.112. The smallest absolute Gasteiger partial charge is 0.151 e. The van der Waals surface area contributed by atoms with Gasteiger partial charge in [-0.15, -0.1) is 0 Å². The maximum Gasteiger partial charge on any atom is 0.151 e. The molecule has 0 spiro atoms. The number of hydrogen-bond donors (Lipinski definition) is 0. The van der Waals surface area contributed by atoms with Gasteiger partial charge in [0.05, 0.1) is 5.69 Å². The van der Waals surface area contributed by atoms with E-state index in [-0.39, 0.29) is 0 Å². The monoisotopic (exact) mass is 260 g/mol. The number of thioether (sulfide) groups is 1. The summed E-state index contributed by atoms with van der Waals surface area (Å²) in [6, 6.07) is 3.72. The number of imidazole rings is 1. The van der Waals surface area contributed by atoms with E-state index in [0.717, 1.165) is 30.0 Å². The molecule has 94 valence electrons. The number of aromatic nitrogens is 2. The van der Waals surface area contributed by atoms with Gasteiger partial charge >= 0.3 is 0 Å². The Hall–Kier alpha value is -1.29. The molecule has 1 aliphatic heterocycles. The van der Waals surface area contributed by atoms with Crippen LogP contribution >= 0.6 is 11.8 Å². The van der Waals surface area contributed by atoms with Crippen molar-refractivity contribution in [3.05, 3.63) is 35.8 Å². The summed E-state index contributed by atoms with van der Waals surface area (Å²) in [6.45, 7) is 0. The number of aldehydes is 1. The van der Waals surface area contributed by atoms with E-state index in [4.69, 9.17) is 0 Å². The molecule has 2 aromatic heterocycles. The van der Waals surface area contributed by atoms with Crippen molar-refractivity contribution in [3.8, 4) is 0 Å².